The summed E-state index contributed by atoms with van der Waals surface area (Å²) in [5.41, 5.74) is 6.37. The molecular formula is C14H23NO2. The Hall–Kier alpha value is -1.22. The molecule has 0 fully saturated rings. The zero-order valence-electron chi connectivity index (χ0n) is 10.7. The first-order chi connectivity index (χ1) is 8.33. The Morgan fingerprint density at radius 3 is 2.12 bits per heavy atom. The van der Waals surface area contributed by atoms with Gasteiger partial charge in [0.2, 0.25) is 0 Å². The van der Waals surface area contributed by atoms with Crippen LogP contribution in [0.2, 0.25) is 0 Å². The van der Waals surface area contributed by atoms with Crippen molar-refractivity contribution in [2.45, 2.75) is 32.1 Å². The molecule has 0 amide bonds. The molecule has 0 radical (unpaired) electrons. The standard InChI is InChI=1S/C14H23NO2/c1-16-11-5-3-2-4-6-12-17-14-9-7-13(15)8-10-14/h7-10H,2-6,11-12,15H2,1H3. The van der Waals surface area contributed by atoms with Crippen LogP contribution in [0.3, 0.4) is 0 Å². The lowest BCUT2D eigenvalue weighted by Gasteiger charge is -2.06. The summed E-state index contributed by atoms with van der Waals surface area (Å²) in [4.78, 5) is 0. The third kappa shape index (κ3) is 6.84. The van der Waals surface area contributed by atoms with Gasteiger partial charge in [0.15, 0.2) is 0 Å². The molecular weight excluding hydrogens is 214 g/mol. The molecule has 0 heterocycles. The minimum atomic E-state index is 0.774. The van der Waals surface area contributed by atoms with Gasteiger partial charge in [0.25, 0.3) is 0 Å². The Morgan fingerprint density at radius 1 is 0.882 bits per heavy atom. The van der Waals surface area contributed by atoms with Gasteiger partial charge in [0, 0.05) is 19.4 Å². The number of hydrogen-bond donors (Lipinski definition) is 1. The number of unbranched alkanes of at least 4 members (excludes halogenated alkanes) is 4. The van der Waals surface area contributed by atoms with Gasteiger partial charge < -0.3 is 15.2 Å². The molecule has 0 bridgehead atoms. The van der Waals surface area contributed by atoms with Crippen LogP contribution in [0.4, 0.5) is 5.69 Å². The van der Waals surface area contributed by atoms with Crippen LogP contribution >= 0.6 is 0 Å². The molecule has 0 atom stereocenters. The van der Waals surface area contributed by atoms with Crippen molar-refractivity contribution < 1.29 is 9.47 Å². The van der Waals surface area contributed by atoms with Gasteiger partial charge in [-0.3, -0.25) is 0 Å². The van der Waals surface area contributed by atoms with E-state index in [9.17, 15) is 0 Å². The Labute approximate surface area is 104 Å². The van der Waals surface area contributed by atoms with Crippen molar-refractivity contribution in [3.05, 3.63) is 24.3 Å². The van der Waals surface area contributed by atoms with Gasteiger partial charge in [-0.2, -0.15) is 0 Å². The van der Waals surface area contributed by atoms with Crippen LogP contribution in [-0.4, -0.2) is 20.3 Å². The maximum atomic E-state index is 5.61. The fourth-order valence-electron chi connectivity index (χ4n) is 1.63. The minimum Gasteiger partial charge on any atom is -0.494 e. The lowest BCUT2D eigenvalue weighted by Crippen LogP contribution is -1.97. The summed E-state index contributed by atoms with van der Waals surface area (Å²) in [6, 6.07) is 7.54. The number of anilines is 1. The van der Waals surface area contributed by atoms with E-state index in [4.69, 9.17) is 15.2 Å². The van der Waals surface area contributed by atoms with Gasteiger partial charge >= 0.3 is 0 Å². The average Bonchev–Trinajstić information content (AvgIpc) is 2.35. The number of nitrogen functional groups attached to an aromatic ring is 1. The van der Waals surface area contributed by atoms with Gasteiger partial charge in [0.1, 0.15) is 5.75 Å². The number of benzene rings is 1. The van der Waals surface area contributed by atoms with Crippen LogP contribution in [0.1, 0.15) is 32.1 Å². The zero-order chi connectivity index (χ0) is 12.3. The van der Waals surface area contributed by atoms with Crippen LogP contribution in [0.15, 0.2) is 24.3 Å². The first-order valence-electron chi connectivity index (χ1n) is 6.30. The van der Waals surface area contributed by atoms with Crippen molar-refractivity contribution in [3.8, 4) is 5.75 Å². The predicted molar refractivity (Wildman–Crippen MR) is 71.3 cm³/mol. The number of rotatable bonds is 9. The molecule has 0 saturated carbocycles. The number of ether oxygens (including phenoxy) is 2. The quantitative estimate of drug-likeness (QED) is 0.529. The Kier molecular flexibility index (Phi) is 7.23. The van der Waals surface area contributed by atoms with Crippen molar-refractivity contribution >= 4 is 5.69 Å². The zero-order valence-corrected chi connectivity index (χ0v) is 10.7. The maximum absolute atomic E-state index is 5.61. The third-order valence-electron chi connectivity index (χ3n) is 2.64. The van der Waals surface area contributed by atoms with Crippen LogP contribution in [-0.2, 0) is 4.74 Å². The minimum absolute atomic E-state index is 0.774. The molecule has 1 aromatic carbocycles. The normalized spacial score (nSPS) is 10.4. The van der Waals surface area contributed by atoms with Crippen molar-refractivity contribution in [2.75, 3.05) is 26.1 Å². The van der Waals surface area contributed by atoms with Crippen LogP contribution in [0.25, 0.3) is 0 Å². The highest BCUT2D eigenvalue weighted by Gasteiger charge is 1.94. The highest BCUT2D eigenvalue weighted by atomic mass is 16.5. The molecule has 3 heteroatoms. The summed E-state index contributed by atoms with van der Waals surface area (Å²) in [5.74, 6) is 0.901. The lowest BCUT2D eigenvalue weighted by molar-refractivity contribution is 0.191. The first kappa shape index (κ1) is 13.8. The topological polar surface area (TPSA) is 44.5 Å². The number of hydrogen-bond acceptors (Lipinski definition) is 3. The second kappa shape index (κ2) is 8.88. The molecule has 0 aromatic heterocycles. The van der Waals surface area contributed by atoms with Crippen molar-refractivity contribution in [3.63, 3.8) is 0 Å². The third-order valence-corrected chi connectivity index (χ3v) is 2.64. The molecule has 96 valence electrons. The van der Waals surface area contributed by atoms with Gasteiger partial charge in [0.05, 0.1) is 6.61 Å². The molecule has 0 aliphatic heterocycles. The Morgan fingerprint density at radius 2 is 1.47 bits per heavy atom. The summed E-state index contributed by atoms with van der Waals surface area (Å²) in [5, 5.41) is 0. The van der Waals surface area contributed by atoms with Crippen LogP contribution < -0.4 is 10.5 Å². The molecule has 0 spiro atoms. The van der Waals surface area contributed by atoms with E-state index in [-0.39, 0.29) is 0 Å². The van der Waals surface area contributed by atoms with E-state index < -0.39 is 0 Å². The number of nitrogens with two attached hydrogens (primary N) is 1. The predicted octanol–water partition coefficient (Wildman–Crippen LogP) is 3.24. The molecule has 0 aliphatic rings. The lowest BCUT2D eigenvalue weighted by atomic mass is 10.1. The smallest absolute Gasteiger partial charge is 0.119 e. The maximum Gasteiger partial charge on any atom is 0.119 e. The van der Waals surface area contributed by atoms with Crippen molar-refractivity contribution in [2.24, 2.45) is 0 Å². The van der Waals surface area contributed by atoms with Gasteiger partial charge in [-0.15, -0.1) is 0 Å². The van der Waals surface area contributed by atoms with Crippen LogP contribution in [0, 0.1) is 0 Å². The Balaban J connectivity index is 1.95. The summed E-state index contributed by atoms with van der Waals surface area (Å²) >= 11 is 0. The molecule has 0 unspecified atom stereocenters. The van der Waals surface area contributed by atoms with E-state index in [0.29, 0.717) is 0 Å². The van der Waals surface area contributed by atoms with E-state index >= 15 is 0 Å². The summed E-state index contributed by atoms with van der Waals surface area (Å²) < 4.78 is 10.6. The molecule has 1 rings (SSSR count). The summed E-state index contributed by atoms with van der Waals surface area (Å²) in [6.45, 7) is 1.66. The van der Waals surface area contributed by atoms with E-state index in [2.05, 4.69) is 0 Å². The van der Waals surface area contributed by atoms with E-state index in [1.54, 1.807) is 7.11 Å². The van der Waals surface area contributed by atoms with Gasteiger partial charge in [-0.25, -0.2) is 0 Å². The fraction of sp³-hybridized carbons (Fsp3) is 0.571. The van der Waals surface area contributed by atoms with E-state index in [1.807, 2.05) is 24.3 Å². The molecule has 0 saturated heterocycles. The SMILES string of the molecule is COCCCCCCCOc1ccc(N)cc1. The second-order valence-corrected chi connectivity index (χ2v) is 4.18. The van der Waals surface area contributed by atoms with Crippen molar-refractivity contribution in [1.82, 2.24) is 0 Å². The highest BCUT2D eigenvalue weighted by Crippen LogP contribution is 2.13. The highest BCUT2D eigenvalue weighted by molar-refractivity contribution is 5.41. The largest absolute Gasteiger partial charge is 0.494 e. The Bertz CT molecular complexity index is 285. The monoisotopic (exact) mass is 237 g/mol. The van der Waals surface area contributed by atoms with E-state index in [0.717, 1.165) is 37.5 Å². The molecule has 2 N–H and O–H groups in total. The summed E-state index contributed by atoms with van der Waals surface area (Å²) in [6.07, 6.45) is 6.00. The fourth-order valence-corrected chi connectivity index (χ4v) is 1.63. The van der Waals surface area contributed by atoms with Crippen molar-refractivity contribution in [1.29, 1.82) is 0 Å². The van der Waals surface area contributed by atoms with Gasteiger partial charge in [-0.05, 0) is 37.1 Å². The van der Waals surface area contributed by atoms with E-state index in [1.165, 1.54) is 19.3 Å². The molecule has 17 heavy (non-hydrogen) atoms. The molecule has 1 aromatic rings. The summed E-state index contributed by atoms with van der Waals surface area (Å²) in [7, 11) is 1.75. The molecule has 0 aliphatic carbocycles. The second-order valence-electron chi connectivity index (χ2n) is 4.18. The molecule has 3 nitrogen and oxygen atoms in total. The van der Waals surface area contributed by atoms with Crippen LogP contribution in [0.5, 0.6) is 5.75 Å². The number of methoxy groups -OCH3 is 1. The van der Waals surface area contributed by atoms with Gasteiger partial charge in [-0.1, -0.05) is 19.3 Å². The average molecular weight is 237 g/mol. The first-order valence-corrected chi connectivity index (χ1v) is 6.30.